The lowest BCUT2D eigenvalue weighted by Gasteiger charge is -2.34. The Labute approximate surface area is 189 Å². The lowest BCUT2D eigenvalue weighted by molar-refractivity contribution is -0.117. The number of hydrogen-bond acceptors (Lipinski definition) is 5. The van der Waals surface area contributed by atoms with Crippen molar-refractivity contribution in [2.24, 2.45) is 0 Å². The van der Waals surface area contributed by atoms with Crippen molar-refractivity contribution in [3.8, 4) is 0 Å². The molecule has 0 unspecified atom stereocenters. The Balaban J connectivity index is 1.34. The molecule has 0 saturated carbocycles. The minimum atomic E-state index is -3.60. The summed E-state index contributed by atoms with van der Waals surface area (Å²) >= 11 is 0. The number of benzene rings is 2. The number of carbonyl (C=O) groups excluding carboxylic acids is 1. The van der Waals surface area contributed by atoms with Gasteiger partial charge in [-0.25, -0.2) is 8.42 Å². The molecule has 0 aromatic heterocycles. The normalized spacial score (nSPS) is 17.5. The number of hydrogen-bond donors (Lipinski definition) is 1. The van der Waals surface area contributed by atoms with Gasteiger partial charge in [-0.05, 0) is 53.3 Å². The summed E-state index contributed by atoms with van der Waals surface area (Å²) in [6.07, 6.45) is 7.06. The van der Waals surface area contributed by atoms with Crippen LogP contribution in [0.25, 0.3) is 11.6 Å². The molecule has 0 atom stereocenters. The lowest BCUT2D eigenvalue weighted by Crippen LogP contribution is -2.48. The summed E-state index contributed by atoms with van der Waals surface area (Å²) in [6.45, 7) is 2.69. The van der Waals surface area contributed by atoms with Crippen molar-refractivity contribution in [1.82, 2.24) is 9.21 Å². The highest BCUT2D eigenvalue weighted by atomic mass is 32.2. The third kappa shape index (κ3) is 5.07. The van der Waals surface area contributed by atoms with E-state index in [0.29, 0.717) is 31.7 Å². The van der Waals surface area contributed by atoms with E-state index < -0.39 is 22.4 Å². The third-order valence-electron chi connectivity index (χ3n) is 6.07. The molecule has 1 fully saturated rings. The van der Waals surface area contributed by atoms with Crippen LogP contribution < -0.4 is 0 Å². The molecule has 2 aromatic carbocycles. The summed E-state index contributed by atoms with van der Waals surface area (Å²) in [4.78, 5) is 13.8. The molecule has 1 aliphatic carbocycles. The first-order valence-electron chi connectivity index (χ1n) is 10.9. The number of piperazine rings is 1. The molecule has 0 spiro atoms. The van der Waals surface area contributed by atoms with Crippen LogP contribution >= 0.6 is 0 Å². The average molecular weight is 453 g/mol. The number of sulfonamides is 1. The second kappa shape index (κ2) is 9.92. The van der Waals surface area contributed by atoms with Gasteiger partial charge in [-0.1, -0.05) is 48.6 Å². The summed E-state index contributed by atoms with van der Waals surface area (Å²) in [5.74, 6) is -0.425. The number of aliphatic hydroxyl groups excluding tert-OH is 1. The van der Waals surface area contributed by atoms with Crippen LogP contribution in [0.15, 0.2) is 65.6 Å². The summed E-state index contributed by atoms with van der Waals surface area (Å²) in [6, 6.07) is 15.1. The fourth-order valence-electron chi connectivity index (χ4n) is 4.23. The van der Waals surface area contributed by atoms with Crippen molar-refractivity contribution in [3.63, 3.8) is 0 Å². The van der Waals surface area contributed by atoms with E-state index in [0.717, 1.165) is 19.4 Å². The summed E-state index contributed by atoms with van der Waals surface area (Å²) in [7, 11) is -3.60. The lowest BCUT2D eigenvalue weighted by atomic mass is 10.0. The molecule has 1 N–H and O–H groups in total. The number of nitrogens with zero attached hydrogens (tertiary/aromatic N) is 2. The Kier molecular flexibility index (Phi) is 7.01. The van der Waals surface area contributed by atoms with Crippen LogP contribution in [0.2, 0.25) is 0 Å². The molecule has 0 bridgehead atoms. The quantitative estimate of drug-likeness (QED) is 0.623. The van der Waals surface area contributed by atoms with Crippen molar-refractivity contribution in [2.75, 3.05) is 39.3 Å². The van der Waals surface area contributed by atoms with Gasteiger partial charge >= 0.3 is 0 Å². The highest BCUT2D eigenvalue weighted by molar-refractivity contribution is 7.89. The molecule has 168 valence electrons. The van der Waals surface area contributed by atoms with Crippen LogP contribution in [0, 0.1) is 0 Å². The van der Waals surface area contributed by atoms with Gasteiger partial charge in [-0.3, -0.25) is 4.79 Å². The van der Waals surface area contributed by atoms with E-state index in [9.17, 15) is 13.2 Å². The van der Waals surface area contributed by atoms with Gasteiger partial charge in [0.05, 0.1) is 4.90 Å². The first kappa shape index (κ1) is 22.6. The van der Waals surface area contributed by atoms with Crippen LogP contribution in [-0.4, -0.2) is 67.8 Å². The Morgan fingerprint density at radius 2 is 1.81 bits per heavy atom. The van der Waals surface area contributed by atoms with Crippen LogP contribution in [0.4, 0.5) is 0 Å². The third-order valence-corrected chi connectivity index (χ3v) is 7.97. The Morgan fingerprint density at radius 1 is 1.03 bits per heavy atom. The Morgan fingerprint density at radius 3 is 2.59 bits per heavy atom. The van der Waals surface area contributed by atoms with Gasteiger partial charge in [0.25, 0.3) is 0 Å². The van der Waals surface area contributed by atoms with E-state index in [1.165, 1.54) is 33.2 Å². The molecule has 0 radical (unpaired) electrons. The molecule has 1 heterocycles. The van der Waals surface area contributed by atoms with Gasteiger partial charge in [-0.15, -0.1) is 0 Å². The average Bonchev–Trinajstić information content (AvgIpc) is 3.25. The van der Waals surface area contributed by atoms with Crippen LogP contribution in [0.5, 0.6) is 0 Å². The summed E-state index contributed by atoms with van der Waals surface area (Å²) in [5.41, 5.74) is 4.73. The number of fused-ring (bicyclic) bond motifs is 1. The Hall–Kier alpha value is -2.58. The number of rotatable bonds is 8. The van der Waals surface area contributed by atoms with Gasteiger partial charge in [0, 0.05) is 32.7 Å². The van der Waals surface area contributed by atoms with Crippen LogP contribution in [-0.2, 0) is 21.2 Å². The zero-order chi connectivity index (χ0) is 22.6. The van der Waals surface area contributed by atoms with Crippen molar-refractivity contribution >= 4 is 27.5 Å². The highest BCUT2D eigenvalue weighted by Gasteiger charge is 2.28. The van der Waals surface area contributed by atoms with Crippen molar-refractivity contribution in [3.05, 3.63) is 77.4 Å². The maximum atomic E-state index is 13.1. The van der Waals surface area contributed by atoms with Crippen molar-refractivity contribution in [2.45, 2.75) is 17.7 Å². The fourth-order valence-corrected chi connectivity index (χ4v) is 5.71. The number of carbonyl (C=O) groups is 1. The predicted molar refractivity (Wildman–Crippen MR) is 126 cm³/mol. The summed E-state index contributed by atoms with van der Waals surface area (Å²) in [5, 5.41) is 8.82. The maximum Gasteiger partial charge on any atom is 0.243 e. The number of allylic oxidation sites excluding steroid dienone is 1. The first-order chi connectivity index (χ1) is 15.5. The minimum Gasteiger partial charge on any atom is -0.388 e. The fraction of sp³-hybridized carbons (Fsp3) is 0.320. The minimum absolute atomic E-state index is 0.220. The van der Waals surface area contributed by atoms with E-state index in [-0.39, 0.29) is 4.90 Å². The van der Waals surface area contributed by atoms with Gasteiger partial charge in [0.1, 0.15) is 6.61 Å². The molecular weight excluding hydrogens is 424 g/mol. The van der Waals surface area contributed by atoms with Crippen LogP contribution in [0.3, 0.4) is 0 Å². The predicted octanol–water partition coefficient (Wildman–Crippen LogP) is 2.60. The monoisotopic (exact) mass is 452 g/mol. The van der Waals surface area contributed by atoms with Crippen molar-refractivity contribution in [1.29, 1.82) is 0 Å². The zero-order valence-corrected chi connectivity index (χ0v) is 18.8. The van der Waals surface area contributed by atoms with Gasteiger partial charge in [0.2, 0.25) is 10.0 Å². The first-order valence-corrected chi connectivity index (χ1v) is 12.3. The molecule has 0 amide bonds. The standard InChI is InChI=1S/C25H28N2O4S/c28-19-23(29)11-8-20-4-3-6-24(18-20)32(30,31)27-16-14-26(15-17-27)13-12-22-10-9-21-5-1-2-7-25(21)22/h1-8,10-11,18,28H,9,12-17,19H2/b11-8+. The molecule has 1 saturated heterocycles. The molecule has 6 nitrogen and oxygen atoms in total. The second-order valence-electron chi connectivity index (χ2n) is 8.12. The molecule has 7 heteroatoms. The van der Waals surface area contributed by atoms with Crippen molar-refractivity contribution < 1.29 is 18.3 Å². The zero-order valence-electron chi connectivity index (χ0n) is 18.0. The van der Waals surface area contributed by atoms with Crippen LogP contribution in [0.1, 0.15) is 23.1 Å². The molecule has 4 rings (SSSR count). The van der Waals surface area contributed by atoms with E-state index in [4.69, 9.17) is 5.11 Å². The Bertz CT molecular complexity index is 1150. The topological polar surface area (TPSA) is 77.9 Å². The molecule has 1 aliphatic heterocycles. The smallest absolute Gasteiger partial charge is 0.243 e. The molecule has 2 aliphatic rings. The highest BCUT2D eigenvalue weighted by Crippen LogP contribution is 2.29. The molecule has 2 aromatic rings. The van der Waals surface area contributed by atoms with Gasteiger partial charge in [-0.2, -0.15) is 4.31 Å². The summed E-state index contributed by atoms with van der Waals surface area (Å²) < 4.78 is 27.8. The second-order valence-corrected chi connectivity index (χ2v) is 10.1. The van der Waals surface area contributed by atoms with Gasteiger partial charge in [0.15, 0.2) is 5.78 Å². The number of ketones is 1. The van der Waals surface area contributed by atoms with E-state index in [2.05, 4.69) is 35.2 Å². The van der Waals surface area contributed by atoms with E-state index >= 15 is 0 Å². The number of aliphatic hydroxyl groups is 1. The van der Waals surface area contributed by atoms with E-state index in [1.54, 1.807) is 24.3 Å². The molecule has 32 heavy (non-hydrogen) atoms. The van der Waals surface area contributed by atoms with Gasteiger partial charge < -0.3 is 10.0 Å². The maximum absolute atomic E-state index is 13.1. The largest absolute Gasteiger partial charge is 0.388 e. The SMILES string of the molecule is O=C(/C=C/c1cccc(S(=O)(=O)N2CCN(CCC3=CCc4ccccc43)CC2)c1)CO. The van der Waals surface area contributed by atoms with E-state index in [1.807, 2.05) is 0 Å². The molecular formula is C25H28N2O4S.